The molecule has 178 valence electrons. The fraction of sp³-hybridized carbons (Fsp3) is 0.269. The van der Waals surface area contributed by atoms with Gasteiger partial charge in [0.25, 0.3) is 0 Å². The van der Waals surface area contributed by atoms with Crippen molar-refractivity contribution in [2.75, 3.05) is 6.61 Å². The summed E-state index contributed by atoms with van der Waals surface area (Å²) in [5.74, 6) is -1.14. The summed E-state index contributed by atoms with van der Waals surface area (Å²) in [4.78, 5) is 38.4. The lowest BCUT2D eigenvalue weighted by Gasteiger charge is -2.17. The fourth-order valence-electron chi connectivity index (χ4n) is 2.84. The largest absolute Gasteiger partial charge is 0.488 e. The van der Waals surface area contributed by atoms with Crippen LogP contribution in [0.1, 0.15) is 51.2 Å². The lowest BCUT2D eigenvalue weighted by molar-refractivity contribution is -0.128. The number of esters is 1. The molecule has 8 heteroatoms. The van der Waals surface area contributed by atoms with Gasteiger partial charge in [0, 0.05) is 10.3 Å². The van der Waals surface area contributed by atoms with E-state index >= 15 is 0 Å². The zero-order valence-corrected chi connectivity index (χ0v) is 20.0. The van der Waals surface area contributed by atoms with Gasteiger partial charge in [0.05, 0.1) is 11.4 Å². The van der Waals surface area contributed by atoms with E-state index in [0.29, 0.717) is 17.2 Å². The summed E-state index contributed by atoms with van der Waals surface area (Å²) in [6.07, 6.45) is 0. The summed E-state index contributed by atoms with van der Waals surface area (Å²) in [5, 5.41) is 2.84. The number of benzene rings is 2. The van der Waals surface area contributed by atoms with Crippen molar-refractivity contribution in [3.8, 4) is 5.75 Å². The second-order valence-corrected chi connectivity index (χ2v) is 9.78. The summed E-state index contributed by atoms with van der Waals surface area (Å²) in [6.45, 7) is 5.53. The molecule has 0 radical (unpaired) electrons. The Kier molecular flexibility index (Phi) is 8.17. The molecule has 0 saturated heterocycles. The van der Waals surface area contributed by atoms with E-state index in [9.17, 15) is 18.8 Å². The second-order valence-electron chi connectivity index (χ2n) is 8.61. The van der Waals surface area contributed by atoms with Gasteiger partial charge in [0.2, 0.25) is 11.7 Å². The summed E-state index contributed by atoms with van der Waals surface area (Å²) in [5.41, 5.74) is 0.435. The number of amides is 1. The van der Waals surface area contributed by atoms with Gasteiger partial charge in [0.1, 0.15) is 23.7 Å². The number of carbonyl (C=O) groups excluding carboxylic acids is 3. The van der Waals surface area contributed by atoms with Crippen molar-refractivity contribution in [1.29, 1.82) is 0 Å². The summed E-state index contributed by atoms with van der Waals surface area (Å²) in [6, 6.07) is 15.8. The number of carbonyl (C=O) groups is 3. The predicted octanol–water partition coefficient (Wildman–Crippen LogP) is 5.17. The first-order chi connectivity index (χ1) is 16.1. The molecular formula is C26H26FNO5S. The highest BCUT2D eigenvalue weighted by atomic mass is 32.1. The SMILES string of the molecule is CC(C)(C)C(=O)NCc1ccc(C(=O)COC(=O)c2ccccc2OCc2ccc(F)cc2)s1. The molecule has 34 heavy (non-hydrogen) atoms. The molecule has 0 fully saturated rings. The molecule has 0 aliphatic carbocycles. The molecule has 0 saturated carbocycles. The van der Waals surface area contributed by atoms with Crippen LogP contribution in [0.4, 0.5) is 4.39 Å². The summed E-state index contributed by atoms with van der Waals surface area (Å²) < 4.78 is 24.0. The maximum absolute atomic E-state index is 13.1. The van der Waals surface area contributed by atoms with E-state index in [1.807, 2.05) is 20.8 Å². The minimum atomic E-state index is -0.683. The van der Waals surface area contributed by atoms with Crippen LogP contribution in [0.25, 0.3) is 0 Å². The quantitative estimate of drug-likeness (QED) is 0.336. The van der Waals surface area contributed by atoms with Crippen molar-refractivity contribution < 1.29 is 28.2 Å². The van der Waals surface area contributed by atoms with Gasteiger partial charge in [-0.1, -0.05) is 45.0 Å². The molecular weight excluding hydrogens is 457 g/mol. The van der Waals surface area contributed by atoms with Crippen LogP contribution in [0.3, 0.4) is 0 Å². The zero-order valence-electron chi connectivity index (χ0n) is 19.2. The van der Waals surface area contributed by atoms with Crippen LogP contribution in [-0.2, 0) is 22.7 Å². The number of nitrogens with one attached hydrogen (secondary N) is 1. The fourth-order valence-corrected chi connectivity index (χ4v) is 3.71. The predicted molar refractivity (Wildman–Crippen MR) is 127 cm³/mol. The average Bonchev–Trinajstić information content (AvgIpc) is 3.29. The van der Waals surface area contributed by atoms with Gasteiger partial charge < -0.3 is 14.8 Å². The number of rotatable bonds is 9. The Labute approximate surface area is 201 Å². The van der Waals surface area contributed by atoms with Crippen molar-refractivity contribution in [3.05, 3.63) is 87.4 Å². The minimum Gasteiger partial charge on any atom is -0.488 e. The van der Waals surface area contributed by atoms with Crippen molar-refractivity contribution in [3.63, 3.8) is 0 Å². The van der Waals surface area contributed by atoms with Gasteiger partial charge >= 0.3 is 5.97 Å². The van der Waals surface area contributed by atoms with E-state index in [-0.39, 0.29) is 29.7 Å². The van der Waals surface area contributed by atoms with Gasteiger partial charge in [-0.05, 0) is 42.0 Å². The first-order valence-corrected chi connectivity index (χ1v) is 11.5. The van der Waals surface area contributed by atoms with Gasteiger partial charge in [0.15, 0.2) is 6.61 Å². The van der Waals surface area contributed by atoms with Crippen molar-refractivity contribution in [1.82, 2.24) is 5.32 Å². The van der Waals surface area contributed by atoms with Gasteiger partial charge in [-0.25, -0.2) is 9.18 Å². The normalized spacial score (nSPS) is 11.1. The highest BCUT2D eigenvalue weighted by molar-refractivity contribution is 7.14. The first kappa shape index (κ1) is 25.1. The molecule has 0 unspecified atom stereocenters. The third-order valence-electron chi connectivity index (χ3n) is 4.79. The van der Waals surface area contributed by atoms with E-state index in [4.69, 9.17) is 9.47 Å². The summed E-state index contributed by atoms with van der Waals surface area (Å²) >= 11 is 1.24. The number of ether oxygens (including phenoxy) is 2. The van der Waals surface area contributed by atoms with E-state index in [0.717, 1.165) is 10.4 Å². The van der Waals surface area contributed by atoms with Crippen molar-refractivity contribution >= 4 is 29.0 Å². The number of ketones is 1. The molecule has 2 aromatic carbocycles. The van der Waals surface area contributed by atoms with Crippen LogP contribution >= 0.6 is 11.3 Å². The highest BCUT2D eigenvalue weighted by Crippen LogP contribution is 2.22. The number of halogens is 1. The number of hydrogen-bond acceptors (Lipinski definition) is 6. The molecule has 6 nitrogen and oxygen atoms in total. The smallest absolute Gasteiger partial charge is 0.342 e. The van der Waals surface area contributed by atoms with Crippen LogP contribution in [0.2, 0.25) is 0 Å². The molecule has 0 aliphatic rings. The van der Waals surface area contributed by atoms with Crippen LogP contribution in [0.5, 0.6) is 5.75 Å². The monoisotopic (exact) mass is 483 g/mol. The van der Waals surface area contributed by atoms with Crippen LogP contribution in [-0.4, -0.2) is 24.3 Å². The third kappa shape index (κ3) is 6.99. The molecule has 3 rings (SSSR count). The average molecular weight is 484 g/mol. The third-order valence-corrected chi connectivity index (χ3v) is 5.92. The Morgan fingerprint density at radius 3 is 2.38 bits per heavy atom. The van der Waals surface area contributed by atoms with Crippen LogP contribution in [0.15, 0.2) is 60.7 Å². The van der Waals surface area contributed by atoms with E-state index in [1.54, 1.807) is 48.5 Å². The molecule has 1 N–H and O–H groups in total. The number of Topliss-reactive ketones (excluding diaryl/α,β-unsaturated/α-hetero) is 1. The van der Waals surface area contributed by atoms with Crippen LogP contribution in [0, 0.1) is 11.2 Å². The van der Waals surface area contributed by atoms with Gasteiger partial charge in [-0.15, -0.1) is 11.3 Å². The molecule has 3 aromatic rings. The number of hydrogen-bond donors (Lipinski definition) is 1. The number of thiophene rings is 1. The molecule has 0 aliphatic heterocycles. The van der Waals surface area contributed by atoms with Gasteiger partial charge in [-0.3, -0.25) is 9.59 Å². The maximum Gasteiger partial charge on any atom is 0.342 e. The Hall–Kier alpha value is -3.52. The standard InChI is InChI=1S/C26H26FNO5S/c1-26(2,3)25(31)28-14-19-12-13-23(34-19)21(29)16-33-24(30)20-6-4-5-7-22(20)32-15-17-8-10-18(27)11-9-17/h4-13H,14-16H2,1-3H3,(H,28,31). The Morgan fingerprint density at radius 1 is 0.971 bits per heavy atom. The minimum absolute atomic E-state index is 0.0805. The lowest BCUT2D eigenvalue weighted by Crippen LogP contribution is -2.34. The zero-order chi connectivity index (χ0) is 24.7. The van der Waals surface area contributed by atoms with Crippen LogP contribution < -0.4 is 10.1 Å². The first-order valence-electron chi connectivity index (χ1n) is 10.7. The summed E-state index contributed by atoms with van der Waals surface area (Å²) in [7, 11) is 0. The van der Waals surface area contributed by atoms with E-state index < -0.39 is 18.0 Å². The molecule has 0 spiro atoms. The van der Waals surface area contributed by atoms with Crippen molar-refractivity contribution in [2.24, 2.45) is 5.41 Å². The van der Waals surface area contributed by atoms with E-state index in [2.05, 4.69) is 5.32 Å². The molecule has 1 heterocycles. The Bertz CT molecular complexity index is 1160. The topological polar surface area (TPSA) is 81.7 Å². The Morgan fingerprint density at radius 2 is 1.68 bits per heavy atom. The second kappa shape index (κ2) is 11.1. The van der Waals surface area contributed by atoms with Gasteiger partial charge in [-0.2, -0.15) is 0 Å². The molecule has 0 bridgehead atoms. The highest BCUT2D eigenvalue weighted by Gasteiger charge is 2.21. The molecule has 0 atom stereocenters. The van der Waals surface area contributed by atoms with E-state index in [1.165, 1.54) is 23.5 Å². The maximum atomic E-state index is 13.1. The number of para-hydroxylation sites is 1. The van der Waals surface area contributed by atoms with Crippen molar-refractivity contribution in [2.45, 2.75) is 33.9 Å². The molecule has 1 aromatic heterocycles. The lowest BCUT2D eigenvalue weighted by atomic mass is 9.96. The molecule has 1 amide bonds. The Balaban J connectivity index is 1.54.